The van der Waals surface area contributed by atoms with Gasteiger partial charge < -0.3 is 11.1 Å². The van der Waals surface area contributed by atoms with Gasteiger partial charge >= 0.3 is 0 Å². The molecule has 0 aliphatic carbocycles. The number of benzene rings is 1. The number of hydrogen-bond acceptors (Lipinski definition) is 2. The maximum atomic E-state index is 13.4. The normalized spacial score (nSPS) is 12.8. The quantitative estimate of drug-likeness (QED) is 0.877. The standard InChI is InChI=1S/C12H16BrFN2O/c1-7(2)6-16-11(12(15)17)8-3-4-9(13)10(14)5-8/h3-5,7,11,16H,6H2,1-2H3,(H2,15,17). The molecule has 1 aromatic rings. The fourth-order valence-electron chi connectivity index (χ4n) is 1.43. The van der Waals surface area contributed by atoms with Crippen LogP contribution >= 0.6 is 15.9 Å². The summed E-state index contributed by atoms with van der Waals surface area (Å²) in [5.41, 5.74) is 5.85. The van der Waals surface area contributed by atoms with Crippen LogP contribution in [0.5, 0.6) is 0 Å². The van der Waals surface area contributed by atoms with Crippen molar-refractivity contribution in [2.24, 2.45) is 11.7 Å². The van der Waals surface area contributed by atoms with Crippen LogP contribution in [0.4, 0.5) is 4.39 Å². The van der Waals surface area contributed by atoms with Gasteiger partial charge in [0.05, 0.1) is 4.47 Å². The Balaban J connectivity index is 2.89. The Kier molecular flexibility index (Phi) is 5.08. The van der Waals surface area contributed by atoms with Gasteiger partial charge in [-0.3, -0.25) is 4.79 Å². The molecule has 0 saturated heterocycles. The lowest BCUT2D eigenvalue weighted by atomic mass is 10.1. The molecule has 94 valence electrons. The van der Waals surface area contributed by atoms with E-state index >= 15 is 0 Å². The second kappa shape index (κ2) is 6.12. The lowest BCUT2D eigenvalue weighted by Crippen LogP contribution is -2.35. The topological polar surface area (TPSA) is 55.1 Å². The zero-order chi connectivity index (χ0) is 13.0. The van der Waals surface area contributed by atoms with Crippen molar-refractivity contribution >= 4 is 21.8 Å². The summed E-state index contributed by atoms with van der Waals surface area (Å²) in [4.78, 5) is 11.3. The number of nitrogens with one attached hydrogen (secondary N) is 1. The average Bonchev–Trinajstić information content (AvgIpc) is 2.22. The summed E-state index contributed by atoms with van der Waals surface area (Å²) in [5.74, 6) is -0.524. The van der Waals surface area contributed by atoms with Gasteiger partial charge in [-0.1, -0.05) is 19.9 Å². The molecule has 1 unspecified atom stereocenters. The number of nitrogens with two attached hydrogens (primary N) is 1. The smallest absolute Gasteiger partial charge is 0.239 e. The van der Waals surface area contributed by atoms with Crippen LogP contribution in [0.3, 0.4) is 0 Å². The van der Waals surface area contributed by atoms with Gasteiger partial charge in [0.25, 0.3) is 0 Å². The third-order valence-corrected chi connectivity index (χ3v) is 2.93. The van der Waals surface area contributed by atoms with Crippen molar-refractivity contribution in [3.63, 3.8) is 0 Å². The molecule has 17 heavy (non-hydrogen) atoms. The van der Waals surface area contributed by atoms with Gasteiger partial charge in [0.1, 0.15) is 11.9 Å². The van der Waals surface area contributed by atoms with Crippen molar-refractivity contribution in [1.82, 2.24) is 5.32 Å². The highest BCUT2D eigenvalue weighted by atomic mass is 79.9. The first-order chi connectivity index (χ1) is 7.91. The summed E-state index contributed by atoms with van der Waals surface area (Å²) >= 11 is 3.07. The molecule has 0 aliphatic heterocycles. The predicted octanol–water partition coefficient (Wildman–Crippen LogP) is 2.36. The van der Waals surface area contributed by atoms with Gasteiger partial charge in [-0.05, 0) is 46.1 Å². The molecule has 1 aromatic carbocycles. The molecule has 0 aliphatic rings. The first kappa shape index (κ1) is 14.1. The molecule has 0 saturated carbocycles. The van der Waals surface area contributed by atoms with E-state index in [1.165, 1.54) is 6.07 Å². The fourth-order valence-corrected chi connectivity index (χ4v) is 1.67. The highest BCUT2D eigenvalue weighted by molar-refractivity contribution is 9.10. The Morgan fingerprint density at radius 2 is 2.18 bits per heavy atom. The van der Waals surface area contributed by atoms with Gasteiger partial charge in [0.2, 0.25) is 5.91 Å². The van der Waals surface area contributed by atoms with Crippen LogP contribution in [0.25, 0.3) is 0 Å². The molecule has 1 atom stereocenters. The number of halogens is 2. The van der Waals surface area contributed by atoms with Crippen LogP contribution in [0.1, 0.15) is 25.5 Å². The highest BCUT2D eigenvalue weighted by Gasteiger charge is 2.18. The summed E-state index contributed by atoms with van der Waals surface area (Å²) < 4.78 is 13.7. The van der Waals surface area contributed by atoms with Crippen LogP contribution in [0, 0.1) is 11.7 Å². The van der Waals surface area contributed by atoms with Crippen LogP contribution < -0.4 is 11.1 Å². The first-order valence-corrected chi connectivity index (χ1v) is 6.18. The molecule has 0 fully saturated rings. The summed E-state index contributed by atoms with van der Waals surface area (Å²) in [7, 11) is 0. The van der Waals surface area contributed by atoms with Crippen LogP contribution in [-0.4, -0.2) is 12.5 Å². The van der Waals surface area contributed by atoms with Crippen LogP contribution in [-0.2, 0) is 4.79 Å². The molecular weight excluding hydrogens is 287 g/mol. The van der Waals surface area contributed by atoms with E-state index in [1.54, 1.807) is 12.1 Å². The number of primary amides is 1. The van der Waals surface area contributed by atoms with Crippen molar-refractivity contribution in [3.05, 3.63) is 34.1 Å². The van der Waals surface area contributed by atoms with Crippen molar-refractivity contribution in [2.45, 2.75) is 19.9 Å². The highest BCUT2D eigenvalue weighted by Crippen LogP contribution is 2.20. The molecule has 1 amide bonds. The Labute approximate surface area is 109 Å². The van der Waals surface area contributed by atoms with Crippen molar-refractivity contribution in [2.75, 3.05) is 6.54 Å². The van der Waals surface area contributed by atoms with Gasteiger partial charge in [0, 0.05) is 0 Å². The maximum Gasteiger partial charge on any atom is 0.239 e. The minimum Gasteiger partial charge on any atom is -0.368 e. The molecule has 0 radical (unpaired) electrons. The Bertz CT molecular complexity index is 409. The van der Waals surface area contributed by atoms with E-state index in [-0.39, 0.29) is 0 Å². The summed E-state index contributed by atoms with van der Waals surface area (Å²) in [6, 6.07) is 3.90. The lowest BCUT2D eigenvalue weighted by molar-refractivity contribution is -0.120. The number of amides is 1. The molecule has 0 heterocycles. The minimum absolute atomic E-state index is 0.369. The largest absolute Gasteiger partial charge is 0.368 e. The lowest BCUT2D eigenvalue weighted by Gasteiger charge is -2.17. The third-order valence-electron chi connectivity index (χ3n) is 2.29. The predicted molar refractivity (Wildman–Crippen MR) is 68.9 cm³/mol. The monoisotopic (exact) mass is 302 g/mol. The molecule has 0 aromatic heterocycles. The first-order valence-electron chi connectivity index (χ1n) is 5.39. The number of hydrogen-bond donors (Lipinski definition) is 2. The summed E-state index contributed by atoms with van der Waals surface area (Å²) in [6.45, 7) is 4.69. The van der Waals surface area contributed by atoms with Crippen LogP contribution in [0.15, 0.2) is 22.7 Å². The second-order valence-electron chi connectivity index (χ2n) is 4.31. The van der Waals surface area contributed by atoms with E-state index in [0.29, 0.717) is 22.5 Å². The second-order valence-corrected chi connectivity index (χ2v) is 5.17. The molecule has 3 nitrogen and oxygen atoms in total. The zero-order valence-corrected chi connectivity index (χ0v) is 11.4. The Hall–Kier alpha value is -0.940. The van der Waals surface area contributed by atoms with E-state index in [4.69, 9.17) is 5.73 Å². The van der Waals surface area contributed by atoms with Crippen LogP contribution in [0.2, 0.25) is 0 Å². The minimum atomic E-state index is -0.653. The number of carbonyl (C=O) groups excluding carboxylic acids is 1. The SMILES string of the molecule is CC(C)CNC(C(N)=O)c1ccc(Br)c(F)c1. The van der Waals surface area contributed by atoms with E-state index in [1.807, 2.05) is 13.8 Å². The van der Waals surface area contributed by atoms with Gasteiger partial charge in [-0.2, -0.15) is 0 Å². The third kappa shape index (κ3) is 4.09. The zero-order valence-electron chi connectivity index (χ0n) is 9.84. The molecule has 0 bridgehead atoms. The van der Waals surface area contributed by atoms with E-state index < -0.39 is 17.8 Å². The van der Waals surface area contributed by atoms with Crippen molar-refractivity contribution in [1.29, 1.82) is 0 Å². The molecule has 1 rings (SSSR count). The molecule has 3 N–H and O–H groups in total. The van der Waals surface area contributed by atoms with Gasteiger partial charge in [-0.15, -0.1) is 0 Å². The van der Waals surface area contributed by atoms with E-state index in [9.17, 15) is 9.18 Å². The van der Waals surface area contributed by atoms with E-state index in [0.717, 1.165) is 0 Å². The van der Waals surface area contributed by atoms with Gasteiger partial charge in [-0.25, -0.2) is 4.39 Å². The Morgan fingerprint density at radius 1 is 1.53 bits per heavy atom. The molecular formula is C12H16BrFN2O. The number of carbonyl (C=O) groups is 1. The van der Waals surface area contributed by atoms with Crippen molar-refractivity contribution in [3.8, 4) is 0 Å². The Morgan fingerprint density at radius 3 is 2.65 bits per heavy atom. The van der Waals surface area contributed by atoms with Gasteiger partial charge in [0.15, 0.2) is 0 Å². The maximum absolute atomic E-state index is 13.4. The number of rotatable bonds is 5. The average molecular weight is 303 g/mol. The fraction of sp³-hybridized carbons (Fsp3) is 0.417. The molecule has 5 heteroatoms. The van der Waals surface area contributed by atoms with E-state index in [2.05, 4.69) is 21.2 Å². The summed E-state index contributed by atoms with van der Waals surface area (Å²) in [6.07, 6.45) is 0. The van der Waals surface area contributed by atoms with Crippen molar-refractivity contribution < 1.29 is 9.18 Å². The molecule has 0 spiro atoms. The summed E-state index contributed by atoms with van der Waals surface area (Å²) in [5, 5.41) is 3.03.